The minimum absolute atomic E-state index is 0.0475. The lowest BCUT2D eigenvalue weighted by Crippen LogP contribution is -2.38. The van der Waals surface area contributed by atoms with E-state index >= 15 is 0 Å². The van der Waals surface area contributed by atoms with Crippen molar-refractivity contribution in [3.05, 3.63) is 35.4 Å². The normalized spacial score (nSPS) is 23.0. The van der Waals surface area contributed by atoms with Gasteiger partial charge in [0, 0.05) is 26.6 Å². The number of carbonyl (C=O) groups excluding carboxylic acids is 2. The highest BCUT2D eigenvalue weighted by atomic mass is 16.5. The van der Waals surface area contributed by atoms with Gasteiger partial charge in [0.1, 0.15) is 6.10 Å². The van der Waals surface area contributed by atoms with Gasteiger partial charge in [-0.25, -0.2) is 0 Å². The Morgan fingerprint density at radius 3 is 2.88 bits per heavy atom. The van der Waals surface area contributed by atoms with E-state index in [1.165, 1.54) is 11.1 Å². The van der Waals surface area contributed by atoms with Crippen LogP contribution < -0.4 is 0 Å². The van der Waals surface area contributed by atoms with Crippen LogP contribution in [0.1, 0.15) is 37.5 Å². The van der Waals surface area contributed by atoms with Crippen molar-refractivity contribution in [1.82, 2.24) is 9.80 Å². The highest BCUT2D eigenvalue weighted by Gasteiger charge is 2.36. The van der Waals surface area contributed by atoms with E-state index in [9.17, 15) is 9.59 Å². The molecule has 1 fully saturated rings. The van der Waals surface area contributed by atoms with Crippen LogP contribution in [-0.4, -0.2) is 54.9 Å². The van der Waals surface area contributed by atoms with E-state index in [1.54, 1.807) is 4.90 Å². The van der Waals surface area contributed by atoms with Gasteiger partial charge in [0.2, 0.25) is 11.8 Å². The van der Waals surface area contributed by atoms with Crippen LogP contribution in [0.4, 0.5) is 0 Å². The van der Waals surface area contributed by atoms with E-state index in [1.807, 2.05) is 24.1 Å². The number of amides is 2. The Hall–Kier alpha value is -1.88. The first-order valence-electron chi connectivity index (χ1n) is 9.18. The SMILES string of the molecule is CC(C)CN1C[C@H](C(=O)N(C)C[C@H]2OCCc3ccccc32)CC1=O. The zero-order chi connectivity index (χ0) is 18.0. The summed E-state index contributed by atoms with van der Waals surface area (Å²) < 4.78 is 5.91. The molecule has 2 atom stereocenters. The van der Waals surface area contributed by atoms with Crippen LogP contribution in [-0.2, 0) is 20.7 Å². The first-order chi connectivity index (χ1) is 12.0. The lowest BCUT2D eigenvalue weighted by molar-refractivity contribution is -0.136. The highest BCUT2D eigenvalue weighted by Crippen LogP contribution is 2.28. The van der Waals surface area contributed by atoms with Crippen molar-refractivity contribution in [3.63, 3.8) is 0 Å². The van der Waals surface area contributed by atoms with E-state index < -0.39 is 0 Å². The predicted octanol–water partition coefficient (Wildman–Crippen LogP) is 2.26. The van der Waals surface area contributed by atoms with Crippen LogP contribution in [0.2, 0.25) is 0 Å². The Morgan fingerprint density at radius 1 is 1.36 bits per heavy atom. The van der Waals surface area contributed by atoms with Crippen LogP contribution >= 0.6 is 0 Å². The smallest absolute Gasteiger partial charge is 0.227 e. The number of likely N-dealkylation sites (N-methyl/N-ethyl adjacent to an activating group) is 1. The Labute approximate surface area is 149 Å². The molecule has 2 heterocycles. The maximum atomic E-state index is 12.8. The number of fused-ring (bicyclic) bond motifs is 1. The number of benzene rings is 1. The number of hydrogen-bond acceptors (Lipinski definition) is 3. The third-order valence-electron chi connectivity index (χ3n) is 5.06. The summed E-state index contributed by atoms with van der Waals surface area (Å²) in [5.74, 6) is 0.337. The quantitative estimate of drug-likeness (QED) is 0.823. The molecule has 1 aromatic rings. The van der Waals surface area contributed by atoms with Gasteiger partial charge >= 0.3 is 0 Å². The van der Waals surface area contributed by atoms with E-state index in [2.05, 4.69) is 26.0 Å². The molecule has 0 N–H and O–H groups in total. The largest absolute Gasteiger partial charge is 0.371 e. The zero-order valence-corrected chi connectivity index (χ0v) is 15.4. The molecule has 5 nitrogen and oxygen atoms in total. The third kappa shape index (κ3) is 4.03. The maximum absolute atomic E-state index is 12.8. The standard InChI is InChI=1S/C20H28N2O3/c1-14(2)11-22-12-16(10-19(22)23)20(24)21(3)13-18-17-7-5-4-6-15(17)8-9-25-18/h4-7,14,16,18H,8-13H2,1-3H3/t16-,18-/m1/s1. The number of ether oxygens (including phenoxy) is 1. The van der Waals surface area contributed by atoms with Gasteiger partial charge in [-0.05, 0) is 23.5 Å². The molecule has 25 heavy (non-hydrogen) atoms. The molecule has 5 heteroatoms. The Bertz CT molecular complexity index is 644. The number of nitrogens with zero attached hydrogens (tertiary/aromatic N) is 2. The first kappa shape index (κ1) is 17.9. The highest BCUT2D eigenvalue weighted by molar-refractivity contribution is 5.89. The monoisotopic (exact) mass is 344 g/mol. The molecular formula is C20H28N2O3. The van der Waals surface area contributed by atoms with Crippen LogP contribution in [0, 0.1) is 11.8 Å². The first-order valence-corrected chi connectivity index (χ1v) is 9.18. The average Bonchev–Trinajstić information content (AvgIpc) is 2.94. The van der Waals surface area contributed by atoms with Gasteiger partial charge < -0.3 is 14.5 Å². The van der Waals surface area contributed by atoms with Crippen LogP contribution in [0.5, 0.6) is 0 Å². The predicted molar refractivity (Wildman–Crippen MR) is 96.0 cm³/mol. The molecule has 0 aromatic heterocycles. The summed E-state index contributed by atoms with van der Waals surface area (Å²) in [5, 5.41) is 0. The molecule has 0 unspecified atom stereocenters. The van der Waals surface area contributed by atoms with E-state index in [-0.39, 0.29) is 23.8 Å². The van der Waals surface area contributed by atoms with Gasteiger partial charge in [0.25, 0.3) is 0 Å². The van der Waals surface area contributed by atoms with Gasteiger partial charge in [-0.1, -0.05) is 38.1 Å². The molecule has 2 aliphatic heterocycles. The fourth-order valence-electron chi connectivity index (χ4n) is 3.83. The van der Waals surface area contributed by atoms with Crippen molar-refractivity contribution in [2.45, 2.75) is 32.8 Å². The third-order valence-corrected chi connectivity index (χ3v) is 5.06. The fourth-order valence-corrected chi connectivity index (χ4v) is 3.83. The number of carbonyl (C=O) groups is 2. The Balaban J connectivity index is 1.62. The summed E-state index contributed by atoms with van der Waals surface area (Å²) in [4.78, 5) is 28.5. The second-order valence-corrected chi connectivity index (χ2v) is 7.62. The van der Waals surface area contributed by atoms with Gasteiger partial charge in [-0.2, -0.15) is 0 Å². The Kier molecular flexibility index (Phi) is 5.42. The lowest BCUT2D eigenvalue weighted by atomic mass is 9.97. The summed E-state index contributed by atoms with van der Waals surface area (Å²) >= 11 is 0. The molecule has 2 amide bonds. The van der Waals surface area contributed by atoms with Crippen LogP contribution in [0.3, 0.4) is 0 Å². The van der Waals surface area contributed by atoms with Crippen molar-refractivity contribution in [3.8, 4) is 0 Å². The molecule has 2 aliphatic rings. The van der Waals surface area contributed by atoms with E-state index in [4.69, 9.17) is 4.74 Å². The fraction of sp³-hybridized carbons (Fsp3) is 0.600. The second-order valence-electron chi connectivity index (χ2n) is 7.62. The average molecular weight is 344 g/mol. The van der Waals surface area contributed by atoms with Crippen molar-refractivity contribution in [2.75, 3.05) is 33.3 Å². The van der Waals surface area contributed by atoms with Gasteiger partial charge in [0.05, 0.1) is 19.1 Å². The summed E-state index contributed by atoms with van der Waals surface area (Å²) in [6, 6.07) is 8.28. The topological polar surface area (TPSA) is 49.9 Å². The summed E-state index contributed by atoms with van der Waals surface area (Å²) in [6.07, 6.45) is 1.17. The van der Waals surface area contributed by atoms with Gasteiger partial charge in [-0.15, -0.1) is 0 Å². The van der Waals surface area contributed by atoms with E-state index in [0.29, 0.717) is 32.0 Å². The van der Waals surface area contributed by atoms with Crippen LogP contribution in [0.15, 0.2) is 24.3 Å². The van der Waals surface area contributed by atoms with E-state index in [0.717, 1.165) is 13.0 Å². The number of hydrogen-bond donors (Lipinski definition) is 0. The van der Waals surface area contributed by atoms with Gasteiger partial charge in [0.15, 0.2) is 0 Å². The van der Waals surface area contributed by atoms with Crippen molar-refractivity contribution in [1.29, 1.82) is 0 Å². The van der Waals surface area contributed by atoms with Crippen LogP contribution in [0.25, 0.3) is 0 Å². The minimum atomic E-state index is -0.227. The molecule has 0 aliphatic carbocycles. The molecule has 0 radical (unpaired) electrons. The zero-order valence-electron chi connectivity index (χ0n) is 15.4. The molecule has 0 spiro atoms. The van der Waals surface area contributed by atoms with Gasteiger partial charge in [-0.3, -0.25) is 9.59 Å². The second kappa shape index (κ2) is 7.56. The molecule has 1 aromatic carbocycles. The minimum Gasteiger partial charge on any atom is -0.371 e. The number of likely N-dealkylation sites (tertiary alicyclic amines) is 1. The van der Waals surface area contributed by atoms with Crippen molar-refractivity contribution in [2.24, 2.45) is 11.8 Å². The number of rotatable bonds is 5. The Morgan fingerprint density at radius 2 is 2.12 bits per heavy atom. The molecule has 1 saturated heterocycles. The maximum Gasteiger partial charge on any atom is 0.227 e. The summed E-state index contributed by atoms with van der Waals surface area (Å²) in [6.45, 7) is 6.67. The molecule has 0 bridgehead atoms. The molecular weight excluding hydrogens is 316 g/mol. The molecule has 136 valence electrons. The lowest BCUT2D eigenvalue weighted by Gasteiger charge is -2.30. The summed E-state index contributed by atoms with van der Waals surface area (Å²) in [7, 11) is 1.82. The summed E-state index contributed by atoms with van der Waals surface area (Å²) in [5.41, 5.74) is 2.48. The molecule has 3 rings (SSSR count). The molecule has 0 saturated carbocycles. The van der Waals surface area contributed by atoms with Crippen molar-refractivity contribution >= 4 is 11.8 Å². The van der Waals surface area contributed by atoms with Crippen molar-refractivity contribution < 1.29 is 14.3 Å².